The maximum absolute atomic E-state index is 12.2. The van der Waals surface area contributed by atoms with Crippen molar-refractivity contribution in [1.82, 2.24) is 4.90 Å². The molecule has 0 saturated carbocycles. The zero-order valence-corrected chi connectivity index (χ0v) is 16.5. The molecule has 0 atom stereocenters. The third kappa shape index (κ3) is 6.48. The summed E-state index contributed by atoms with van der Waals surface area (Å²) in [6, 6.07) is 7.77. The Morgan fingerprint density at radius 1 is 1.26 bits per heavy atom. The maximum Gasteiger partial charge on any atom is 0.410 e. The van der Waals surface area contributed by atoms with Crippen LogP contribution in [-0.2, 0) is 9.53 Å². The van der Waals surface area contributed by atoms with Crippen LogP contribution >= 0.6 is 0 Å². The topological polar surface area (TPSA) is 94.5 Å². The number of carbonyl (C=O) groups excluding carboxylic acids is 2. The van der Waals surface area contributed by atoms with Crippen molar-refractivity contribution in [3.05, 3.63) is 23.8 Å². The molecular weight excluding hydrogens is 344 g/mol. The van der Waals surface area contributed by atoms with Crippen LogP contribution in [0.25, 0.3) is 0 Å². The smallest absolute Gasteiger partial charge is 0.410 e. The number of nitriles is 1. The molecule has 146 valence electrons. The van der Waals surface area contributed by atoms with E-state index >= 15 is 0 Å². The minimum Gasteiger partial charge on any atom is -0.444 e. The van der Waals surface area contributed by atoms with Crippen molar-refractivity contribution in [1.29, 1.82) is 5.26 Å². The summed E-state index contributed by atoms with van der Waals surface area (Å²) < 4.78 is 5.43. The van der Waals surface area contributed by atoms with Gasteiger partial charge in [-0.1, -0.05) is 6.07 Å². The fraction of sp³-hybridized carbons (Fsp3) is 0.550. The fourth-order valence-electron chi connectivity index (χ4n) is 2.91. The van der Waals surface area contributed by atoms with Gasteiger partial charge in [-0.15, -0.1) is 0 Å². The van der Waals surface area contributed by atoms with E-state index in [1.54, 1.807) is 4.90 Å². The van der Waals surface area contributed by atoms with Gasteiger partial charge in [0, 0.05) is 19.1 Å². The summed E-state index contributed by atoms with van der Waals surface area (Å²) in [5, 5.41) is 14.9. The number of amides is 2. The number of ether oxygens (including phenoxy) is 1. The number of aryl methyl sites for hydroxylation is 1. The highest BCUT2D eigenvalue weighted by Crippen LogP contribution is 2.26. The van der Waals surface area contributed by atoms with E-state index in [-0.39, 0.29) is 24.5 Å². The van der Waals surface area contributed by atoms with Gasteiger partial charge in [0.15, 0.2) is 0 Å². The Hall–Kier alpha value is -2.75. The minimum atomic E-state index is -0.496. The van der Waals surface area contributed by atoms with E-state index in [0.717, 1.165) is 24.1 Å². The van der Waals surface area contributed by atoms with Crippen LogP contribution in [0, 0.1) is 18.3 Å². The van der Waals surface area contributed by atoms with Crippen molar-refractivity contribution in [3.8, 4) is 6.07 Å². The van der Waals surface area contributed by atoms with Crippen molar-refractivity contribution in [3.63, 3.8) is 0 Å². The van der Waals surface area contributed by atoms with Gasteiger partial charge in [-0.25, -0.2) is 4.79 Å². The van der Waals surface area contributed by atoms with Crippen LogP contribution in [0.4, 0.5) is 16.2 Å². The number of hydrogen-bond acceptors (Lipinski definition) is 5. The van der Waals surface area contributed by atoms with Gasteiger partial charge in [-0.3, -0.25) is 4.79 Å². The largest absolute Gasteiger partial charge is 0.444 e. The Bertz CT molecular complexity index is 726. The van der Waals surface area contributed by atoms with Gasteiger partial charge in [0.25, 0.3) is 0 Å². The first-order chi connectivity index (χ1) is 12.7. The molecule has 2 rings (SSSR count). The van der Waals surface area contributed by atoms with Gasteiger partial charge in [0.2, 0.25) is 5.91 Å². The highest BCUT2D eigenvalue weighted by Gasteiger charge is 2.27. The highest BCUT2D eigenvalue weighted by atomic mass is 16.6. The van der Waals surface area contributed by atoms with E-state index in [4.69, 9.17) is 10.00 Å². The molecule has 27 heavy (non-hydrogen) atoms. The van der Waals surface area contributed by atoms with Crippen molar-refractivity contribution in [2.24, 2.45) is 0 Å². The second-order valence-corrected chi connectivity index (χ2v) is 7.82. The lowest BCUT2D eigenvalue weighted by Crippen LogP contribution is -2.44. The van der Waals surface area contributed by atoms with Crippen molar-refractivity contribution in [2.45, 2.75) is 58.6 Å². The number of rotatable bonds is 4. The molecule has 1 aromatic rings. The summed E-state index contributed by atoms with van der Waals surface area (Å²) in [5.41, 5.74) is 2.07. The SMILES string of the molecule is Cc1ccc(NC(=O)CC#N)c(NC2CCN(C(=O)OC(C)(C)C)CC2)c1. The van der Waals surface area contributed by atoms with Crippen LogP contribution in [-0.4, -0.2) is 41.6 Å². The molecule has 0 bridgehead atoms. The minimum absolute atomic E-state index is 0.179. The van der Waals surface area contributed by atoms with Crippen molar-refractivity contribution in [2.75, 3.05) is 23.7 Å². The van der Waals surface area contributed by atoms with Gasteiger partial charge in [0.05, 0.1) is 17.4 Å². The number of nitrogens with one attached hydrogen (secondary N) is 2. The summed E-state index contributed by atoms with van der Waals surface area (Å²) in [4.78, 5) is 25.7. The average Bonchev–Trinajstić information content (AvgIpc) is 2.56. The number of nitrogens with zero attached hydrogens (tertiary/aromatic N) is 2. The second kappa shape index (κ2) is 8.76. The van der Waals surface area contributed by atoms with Crippen LogP contribution < -0.4 is 10.6 Å². The van der Waals surface area contributed by atoms with Crippen molar-refractivity contribution < 1.29 is 14.3 Å². The molecule has 1 aliphatic rings. The Labute approximate surface area is 160 Å². The third-order valence-electron chi connectivity index (χ3n) is 4.20. The highest BCUT2D eigenvalue weighted by molar-refractivity contribution is 5.95. The molecule has 0 radical (unpaired) electrons. The number of likely N-dealkylation sites (tertiary alicyclic amines) is 1. The second-order valence-electron chi connectivity index (χ2n) is 7.82. The molecule has 1 aliphatic heterocycles. The normalized spacial score (nSPS) is 15.0. The summed E-state index contributed by atoms with van der Waals surface area (Å²) in [6.45, 7) is 8.80. The Kier molecular flexibility index (Phi) is 6.67. The van der Waals surface area contributed by atoms with Gasteiger partial charge >= 0.3 is 6.09 Å². The quantitative estimate of drug-likeness (QED) is 0.841. The zero-order valence-electron chi connectivity index (χ0n) is 16.5. The van der Waals surface area contributed by atoms with Gasteiger partial charge < -0.3 is 20.3 Å². The first-order valence-corrected chi connectivity index (χ1v) is 9.20. The summed E-state index contributed by atoms with van der Waals surface area (Å²) >= 11 is 0. The Balaban J connectivity index is 1.97. The molecule has 0 unspecified atom stereocenters. The molecule has 2 amide bonds. The molecule has 0 aromatic heterocycles. The molecule has 2 N–H and O–H groups in total. The average molecular weight is 372 g/mol. The maximum atomic E-state index is 12.2. The fourth-order valence-corrected chi connectivity index (χ4v) is 2.91. The van der Waals surface area contributed by atoms with Crippen LogP contribution in [0.3, 0.4) is 0 Å². The molecule has 1 aromatic carbocycles. The van der Waals surface area contributed by atoms with E-state index in [2.05, 4.69) is 10.6 Å². The zero-order chi connectivity index (χ0) is 20.0. The van der Waals surface area contributed by atoms with E-state index in [0.29, 0.717) is 18.8 Å². The molecule has 1 saturated heterocycles. The van der Waals surface area contributed by atoms with Crippen LogP contribution in [0.2, 0.25) is 0 Å². The van der Waals surface area contributed by atoms with E-state index in [9.17, 15) is 9.59 Å². The van der Waals surface area contributed by atoms with Gasteiger partial charge in [0.1, 0.15) is 12.0 Å². The summed E-state index contributed by atoms with van der Waals surface area (Å²) in [7, 11) is 0. The molecule has 7 heteroatoms. The number of hydrogen-bond donors (Lipinski definition) is 2. The number of anilines is 2. The van der Waals surface area contributed by atoms with Crippen molar-refractivity contribution >= 4 is 23.4 Å². The first kappa shape index (κ1) is 20.6. The summed E-state index contributed by atoms with van der Waals surface area (Å²) in [5.74, 6) is -0.329. The van der Waals surface area contributed by atoms with Gasteiger partial charge in [-0.05, 0) is 58.2 Å². The first-order valence-electron chi connectivity index (χ1n) is 9.20. The Morgan fingerprint density at radius 3 is 2.52 bits per heavy atom. The van der Waals surface area contributed by atoms with Crippen LogP contribution in [0.5, 0.6) is 0 Å². The van der Waals surface area contributed by atoms with Gasteiger partial charge in [-0.2, -0.15) is 5.26 Å². The molecular formula is C20H28N4O3. The molecule has 7 nitrogen and oxygen atoms in total. The van der Waals surface area contributed by atoms with Crippen LogP contribution in [0.1, 0.15) is 45.6 Å². The summed E-state index contributed by atoms with van der Waals surface area (Å²) in [6.07, 6.45) is 1.13. The molecule has 1 fully saturated rings. The van der Waals surface area contributed by atoms with E-state index in [1.807, 2.05) is 52.0 Å². The number of carbonyl (C=O) groups is 2. The lowest BCUT2D eigenvalue weighted by molar-refractivity contribution is -0.115. The number of benzene rings is 1. The predicted molar refractivity (Wildman–Crippen MR) is 104 cm³/mol. The van der Waals surface area contributed by atoms with E-state index in [1.165, 1.54) is 0 Å². The van der Waals surface area contributed by atoms with Crippen LogP contribution in [0.15, 0.2) is 18.2 Å². The molecule has 0 aliphatic carbocycles. The lowest BCUT2D eigenvalue weighted by atomic mass is 10.0. The lowest BCUT2D eigenvalue weighted by Gasteiger charge is -2.34. The number of piperidine rings is 1. The monoisotopic (exact) mass is 372 g/mol. The van der Waals surface area contributed by atoms with E-state index < -0.39 is 5.60 Å². The predicted octanol–water partition coefficient (Wildman–Crippen LogP) is 3.66. The third-order valence-corrected chi connectivity index (χ3v) is 4.20. The molecule has 1 heterocycles. The molecule has 0 spiro atoms. The Morgan fingerprint density at radius 2 is 1.93 bits per heavy atom. The standard InChI is InChI=1S/C20H28N4O3/c1-14-5-6-16(23-18(25)7-10-21)17(13-14)22-15-8-11-24(12-9-15)19(26)27-20(2,3)4/h5-6,13,15,22H,7-9,11-12H2,1-4H3,(H,23,25).